The summed E-state index contributed by atoms with van der Waals surface area (Å²) in [5.41, 5.74) is 8.15. The highest BCUT2D eigenvalue weighted by molar-refractivity contribution is 5.84. The summed E-state index contributed by atoms with van der Waals surface area (Å²) in [5, 5.41) is 3.90. The Bertz CT molecular complexity index is 589. The Kier molecular flexibility index (Phi) is 7.54. The molecule has 2 amide bonds. The number of hydrogen-bond acceptors (Lipinski definition) is 6. The Balaban J connectivity index is 2.93. The van der Waals surface area contributed by atoms with Crippen LogP contribution in [0.15, 0.2) is 17.2 Å². The lowest BCUT2D eigenvalue weighted by molar-refractivity contribution is -0.122. The maximum absolute atomic E-state index is 11.6. The summed E-state index contributed by atoms with van der Waals surface area (Å²) in [4.78, 5) is 22.4. The third-order valence-corrected chi connectivity index (χ3v) is 2.84. The lowest BCUT2D eigenvalue weighted by atomic mass is 10.1. The fourth-order valence-corrected chi connectivity index (χ4v) is 1.86. The zero-order valence-electron chi connectivity index (χ0n) is 14.3. The van der Waals surface area contributed by atoms with Crippen molar-refractivity contribution in [2.45, 2.75) is 20.3 Å². The number of methoxy groups -OCH3 is 2. The van der Waals surface area contributed by atoms with E-state index in [-0.39, 0.29) is 24.2 Å². The Morgan fingerprint density at radius 2 is 1.83 bits per heavy atom. The lowest BCUT2D eigenvalue weighted by Crippen LogP contribution is -2.20. The first-order valence-electron chi connectivity index (χ1n) is 7.36. The number of rotatable bonds is 9. The van der Waals surface area contributed by atoms with E-state index >= 15 is 0 Å². The van der Waals surface area contributed by atoms with Crippen LogP contribution in [-0.4, -0.2) is 38.9 Å². The van der Waals surface area contributed by atoms with Crippen LogP contribution < -0.4 is 25.4 Å². The van der Waals surface area contributed by atoms with Crippen molar-refractivity contribution in [1.82, 2.24) is 5.43 Å². The van der Waals surface area contributed by atoms with Crippen molar-refractivity contribution in [3.05, 3.63) is 17.7 Å². The van der Waals surface area contributed by atoms with Gasteiger partial charge in [-0.05, 0) is 18.1 Å². The maximum atomic E-state index is 11.6. The van der Waals surface area contributed by atoms with Gasteiger partial charge in [0.25, 0.3) is 5.91 Å². The molecule has 8 nitrogen and oxygen atoms in total. The van der Waals surface area contributed by atoms with Crippen LogP contribution in [0.25, 0.3) is 0 Å². The monoisotopic (exact) mass is 337 g/mol. The molecule has 0 unspecified atom stereocenters. The number of hydrazone groups is 1. The molecule has 0 radical (unpaired) electrons. The zero-order valence-corrected chi connectivity index (χ0v) is 14.3. The number of nitrogens with one attached hydrogen (secondary N) is 1. The van der Waals surface area contributed by atoms with Gasteiger partial charge in [-0.3, -0.25) is 9.59 Å². The smallest absolute Gasteiger partial charge is 0.255 e. The van der Waals surface area contributed by atoms with Gasteiger partial charge in [0.15, 0.2) is 18.1 Å². The molecule has 0 spiro atoms. The molecule has 0 aliphatic carbocycles. The first-order chi connectivity index (χ1) is 11.4. The predicted molar refractivity (Wildman–Crippen MR) is 89.4 cm³/mol. The maximum Gasteiger partial charge on any atom is 0.255 e. The van der Waals surface area contributed by atoms with E-state index in [1.165, 1.54) is 20.4 Å². The van der Waals surface area contributed by atoms with Crippen LogP contribution in [0.1, 0.15) is 25.8 Å². The number of amides is 2. The first kappa shape index (κ1) is 19.3. The van der Waals surface area contributed by atoms with Gasteiger partial charge in [-0.15, -0.1) is 0 Å². The average Bonchev–Trinajstić information content (AvgIpc) is 2.51. The van der Waals surface area contributed by atoms with E-state index in [1.807, 2.05) is 13.8 Å². The topological polar surface area (TPSA) is 112 Å². The summed E-state index contributed by atoms with van der Waals surface area (Å²) in [6.07, 6.45) is 1.85. The Labute approximate surface area is 140 Å². The van der Waals surface area contributed by atoms with Crippen LogP contribution in [0.5, 0.6) is 17.2 Å². The number of benzene rings is 1. The molecule has 0 atom stereocenters. The molecule has 0 aromatic heterocycles. The fraction of sp³-hybridized carbons (Fsp3) is 0.438. The van der Waals surface area contributed by atoms with E-state index in [1.54, 1.807) is 12.1 Å². The van der Waals surface area contributed by atoms with Crippen LogP contribution in [-0.2, 0) is 9.59 Å². The van der Waals surface area contributed by atoms with Gasteiger partial charge in [-0.2, -0.15) is 5.10 Å². The molecular formula is C16H23N3O5. The van der Waals surface area contributed by atoms with Crippen molar-refractivity contribution in [2.24, 2.45) is 16.8 Å². The Morgan fingerprint density at radius 1 is 1.25 bits per heavy atom. The standard InChI is InChI=1S/C16H23N3O5/c1-10(2)5-15(21)19-18-8-11-6-12(22-3)16(13(7-11)23-4)24-9-14(17)20/h6-8,10H,5,9H2,1-4H3,(H2,17,20)(H,19,21)/b18-8-. The zero-order chi connectivity index (χ0) is 18.1. The van der Waals surface area contributed by atoms with Gasteiger partial charge in [-0.25, -0.2) is 5.43 Å². The highest BCUT2D eigenvalue weighted by atomic mass is 16.5. The van der Waals surface area contributed by atoms with Crippen molar-refractivity contribution in [3.8, 4) is 17.2 Å². The number of nitrogens with zero attached hydrogens (tertiary/aromatic N) is 1. The molecule has 0 aliphatic heterocycles. The van der Waals surface area contributed by atoms with Crippen LogP contribution in [0.4, 0.5) is 0 Å². The van der Waals surface area contributed by atoms with E-state index in [0.717, 1.165) is 0 Å². The molecule has 132 valence electrons. The number of primary amides is 1. The highest BCUT2D eigenvalue weighted by Crippen LogP contribution is 2.38. The lowest BCUT2D eigenvalue weighted by Gasteiger charge is -2.14. The van der Waals surface area contributed by atoms with Crippen LogP contribution in [0, 0.1) is 5.92 Å². The Hall–Kier alpha value is -2.77. The average molecular weight is 337 g/mol. The summed E-state index contributed by atoms with van der Waals surface area (Å²) in [6, 6.07) is 3.27. The quantitative estimate of drug-likeness (QED) is 0.517. The largest absolute Gasteiger partial charge is 0.493 e. The molecule has 8 heteroatoms. The van der Waals surface area contributed by atoms with Crippen molar-refractivity contribution < 1.29 is 23.8 Å². The molecule has 0 aliphatic rings. The van der Waals surface area contributed by atoms with Crippen molar-refractivity contribution in [1.29, 1.82) is 0 Å². The van der Waals surface area contributed by atoms with Crippen LogP contribution in [0.2, 0.25) is 0 Å². The third kappa shape index (κ3) is 6.15. The van der Waals surface area contributed by atoms with Gasteiger partial charge in [-0.1, -0.05) is 13.8 Å². The second kappa shape index (κ2) is 9.39. The predicted octanol–water partition coefficient (Wildman–Crippen LogP) is 1.06. The summed E-state index contributed by atoms with van der Waals surface area (Å²) in [5.74, 6) is 0.442. The molecule has 3 N–H and O–H groups in total. The van der Waals surface area contributed by atoms with Crippen molar-refractivity contribution >= 4 is 18.0 Å². The summed E-state index contributed by atoms with van der Waals surface area (Å²) >= 11 is 0. The number of carbonyl (C=O) groups excluding carboxylic acids is 2. The summed E-state index contributed by atoms with van der Waals surface area (Å²) in [7, 11) is 2.91. The van der Waals surface area contributed by atoms with Gasteiger partial charge in [0.05, 0.1) is 20.4 Å². The molecule has 1 rings (SSSR count). The summed E-state index contributed by atoms with van der Waals surface area (Å²) < 4.78 is 15.8. The second-order valence-electron chi connectivity index (χ2n) is 5.40. The van der Waals surface area contributed by atoms with Crippen LogP contribution in [0.3, 0.4) is 0 Å². The van der Waals surface area contributed by atoms with Gasteiger partial charge in [0, 0.05) is 12.0 Å². The number of ether oxygens (including phenoxy) is 3. The van der Waals surface area contributed by atoms with E-state index in [2.05, 4.69) is 10.5 Å². The third-order valence-electron chi connectivity index (χ3n) is 2.84. The minimum atomic E-state index is -0.613. The van der Waals surface area contributed by atoms with E-state index < -0.39 is 5.91 Å². The van der Waals surface area contributed by atoms with Crippen molar-refractivity contribution in [2.75, 3.05) is 20.8 Å². The van der Waals surface area contributed by atoms with Gasteiger partial charge >= 0.3 is 0 Å². The molecule has 24 heavy (non-hydrogen) atoms. The minimum absolute atomic E-state index is 0.165. The highest BCUT2D eigenvalue weighted by Gasteiger charge is 2.14. The van der Waals surface area contributed by atoms with Crippen molar-refractivity contribution in [3.63, 3.8) is 0 Å². The Morgan fingerprint density at radius 3 is 2.29 bits per heavy atom. The molecular weight excluding hydrogens is 314 g/mol. The first-order valence-corrected chi connectivity index (χ1v) is 7.36. The second-order valence-corrected chi connectivity index (χ2v) is 5.40. The molecule has 0 saturated carbocycles. The molecule has 0 fully saturated rings. The minimum Gasteiger partial charge on any atom is -0.493 e. The van der Waals surface area contributed by atoms with Gasteiger partial charge in [0.1, 0.15) is 0 Å². The van der Waals surface area contributed by atoms with Crippen LogP contribution >= 0.6 is 0 Å². The van der Waals surface area contributed by atoms with Gasteiger partial charge < -0.3 is 19.9 Å². The normalized spacial score (nSPS) is 10.7. The molecule has 0 heterocycles. The van der Waals surface area contributed by atoms with E-state index in [0.29, 0.717) is 23.5 Å². The molecule has 0 bridgehead atoms. The number of nitrogens with two attached hydrogens (primary N) is 1. The molecule has 0 saturated heterocycles. The summed E-state index contributed by atoms with van der Waals surface area (Å²) in [6.45, 7) is 3.60. The molecule has 1 aromatic rings. The van der Waals surface area contributed by atoms with E-state index in [9.17, 15) is 9.59 Å². The van der Waals surface area contributed by atoms with E-state index in [4.69, 9.17) is 19.9 Å². The number of hydrogen-bond donors (Lipinski definition) is 2. The fourth-order valence-electron chi connectivity index (χ4n) is 1.86. The number of carbonyl (C=O) groups is 2. The molecule has 1 aromatic carbocycles. The van der Waals surface area contributed by atoms with Gasteiger partial charge in [0.2, 0.25) is 11.7 Å². The SMILES string of the molecule is COc1cc(/C=N\NC(=O)CC(C)C)cc(OC)c1OCC(N)=O.